The first kappa shape index (κ1) is 15.9. The van der Waals surface area contributed by atoms with E-state index in [0.717, 1.165) is 6.20 Å². The van der Waals surface area contributed by atoms with Crippen molar-refractivity contribution in [3.63, 3.8) is 0 Å². The quantitative estimate of drug-likeness (QED) is 0.810. The Morgan fingerprint density at radius 3 is 2.40 bits per heavy atom. The number of amides is 1. The highest BCUT2D eigenvalue weighted by Gasteiger charge is 2.25. The number of carboxylic acid groups (broad SMARTS) is 1. The van der Waals surface area contributed by atoms with Crippen LogP contribution in [-0.2, 0) is 4.79 Å². The topological polar surface area (TPSA) is 95.4 Å². The highest BCUT2D eigenvalue weighted by molar-refractivity contribution is 5.85. The number of likely N-dealkylation sites (N-methyl/N-ethyl adjacent to an activating group) is 1. The van der Waals surface area contributed by atoms with E-state index in [-0.39, 0.29) is 17.5 Å². The summed E-state index contributed by atoms with van der Waals surface area (Å²) in [6, 6.07) is -0.426. The SMILES string of the molecule is CCN(C)C(=O)[C@@H](Nc1cnc(C(=O)O)cn1)C(C)C. The summed E-state index contributed by atoms with van der Waals surface area (Å²) in [5.74, 6) is -0.720. The fraction of sp³-hybridized carbons (Fsp3) is 0.538. The molecule has 20 heavy (non-hydrogen) atoms. The van der Waals surface area contributed by atoms with Crippen molar-refractivity contribution < 1.29 is 14.7 Å². The minimum absolute atomic E-state index is 0.0355. The Bertz CT molecular complexity index is 473. The predicted octanol–water partition coefficient (Wildman–Crippen LogP) is 1.09. The van der Waals surface area contributed by atoms with Gasteiger partial charge in [0.05, 0.1) is 12.4 Å². The Morgan fingerprint density at radius 2 is 2.00 bits per heavy atom. The number of carbonyl (C=O) groups excluding carboxylic acids is 1. The second-order valence-corrected chi connectivity index (χ2v) is 4.81. The fourth-order valence-electron chi connectivity index (χ4n) is 1.58. The normalized spacial score (nSPS) is 12.1. The number of anilines is 1. The van der Waals surface area contributed by atoms with Gasteiger partial charge < -0.3 is 15.3 Å². The lowest BCUT2D eigenvalue weighted by atomic mass is 10.0. The van der Waals surface area contributed by atoms with Crippen molar-refractivity contribution in [1.29, 1.82) is 0 Å². The third-order valence-electron chi connectivity index (χ3n) is 2.96. The number of carbonyl (C=O) groups is 2. The Labute approximate surface area is 118 Å². The predicted molar refractivity (Wildman–Crippen MR) is 74.6 cm³/mol. The lowest BCUT2D eigenvalue weighted by Gasteiger charge is -2.26. The largest absolute Gasteiger partial charge is 0.476 e. The number of nitrogens with zero attached hydrogens (tertiary/aromatic N) is 3. The van der Waals surface area contributed by atoms with Gasteiger partial charge in [0.1, 0.15) is 11.9 Å². The van der Waals surface area contributed by atoms with Crippen LogP contribution < -0.4 is 5.32 Å². The molecule has 0 fully saturated rings. The maximum Gasteiger partial charge on any atom is 0.356 e. The fourth-order valence-corrected chi connectivity index (χ4v) is 1.58. The van der Waals surface area contributed by atoms with Gasteiger partial charge in [-0.3, -0.25) is 4.79 Å². The molecule has 0 radical (unpaired) electrons. The van der Waals surface area contributed by atoms with Crippen LogP contribution in [-0.4, -0.2) is 51.5 Å². The van der Waals surface area contributed by atoms with Gasteiger partial charge in [0.2, 0.25) is 5.91 Å². The van der Waals surface area contributed by atoms with Crippen molar-refractivity contribution in [2.45, 2.75) is 26.8 Å². The molecule has 0 aliphatic carbocycles. The molecule has 0 spiro atoms. The summed E-state index contributed by atoms with van der Waals surface area (Å²) < 4.78 is 0. The molecule has 2 N–H and O–H groups in total. The van der Waals surface area contributed by atoms with E-state index in [0.29, 0.717) is 12.4 Å². The van der Waals surface area contributed by atoms with E-state index in [2.05, 4.69) is 15.3 Å². The molecule has 0 aliphatic heterocycles. The van der Waals surface area contributed by atoms with Gasteiger partial charge in [-0.2, -0.15) is 0 Å². The zero-order valence-corrected chi connectivity index (χ0v) is 12.1. The molecule has 0 unspecified atom stereocenters. The van der Waals surface area contributed by atoms with Crippen molar-refractivity contribution in [3.05, 3.63) is 18.1 Å². The van der Waals surface area contributed by atoms with Gasteiger partial charge in [-0.15, -0.1) is 0 Å². The highest BCUT2D eigenvalue weighted by Crippen LogP contribution is 2.12. The second kappa shape index (κ2) is 6.83. The van der Waals surface area contributed by atoms with Crippen LogP contribution >= 0.6 is 0 Å². The number of hydrogen-bond acceptors (Lipinski definition) is 5. The molecule has 0 aromatic carbocycles. The Balaban J connectivity index is 2.85. The average Bonchev–Trinajstić information content (AvgIpc) is 2.43. The molecular formula is C13H20N4O3. The maximum atomic E-state index is 12.2. The van der Waals surface area contributed by atoms with Crippen LogP contribution in [0.2, 0.25) is 0 Å². The molecule has 1 rings (SSSR count). The molecule has 0 saturated heterocycles. The average molecular weight is 280 g/mol. The Hall–Kier alpha value is -2.18. The van der Waals surface area contributed by atoms with Gasteiger partial charge in [0.25, 0.3) is 0 Å². The molecular weight excluding hydrogens is 260 g/mol. The summed E-state index contributed by atoms with van der Waals surface area (Å²) in [4.78, 5) is 32.3. The third kappa shape index (κ3) is 3.91. The molecule has 0 saturated carbocycles. The molecule has 7 heteroatoms. The molecule has 1 heterocycles. The maximum absolute atomic E-state index is 12.2. The number of rotatable bonds is 6. The zero-order valence-electron chi connectivity index (χ0n) is 12.1. The summed E-state index contributed by atoms with van der Waals surface area (Å²) in [5.41, 5.74) is -0.131. The molecule has 0 bridgehead atoms. The lowest BCUT2D eigenvalue weighted by molar-refractivity contribution is -0.131. The molecule has 1 atom stereocenters. The van der Waals surface area contributed by atoms with Crippen molar-refractivity contribution >= 4 is 17.7 Å². The smallest absolute Gasteiger partial charge is 0.356 e. The van der Waals surface area contributed by atoms with Crippen LogP contribution in [0.15, 0.2) is 12.4 Å². The van der Waals surface area contributed by atoms with Crippen LogP contribution in [0.1, 0.15) is 31.3 Å². The minimum atomic E-state index is -1.13. The molecule has 1 aromatic heterocycles. The lowest BCUT2D eigenvalue weighted by Crippen LogP contribution is -2.44. The van der Waals surface area contributed by atoms with Gasteiger partial charge in [0.15, 0.2) is 5.69 Å². The second-order valence-electron chi connectivity index (χ2n) is 4.81. The number of nitrogens with one attached hydrogen (secondary N) is 1. The van der Waals surface area contributed by atoms with Crippen molar-refractivity contribution in [1.82, 2.24) is 14.9 Å². The van der Waals surface area contributed by atoms with Gasteiger partial charge in [-0.25, -0.2) is 14.8 Å². The van der Waals surface area contributed by atoms with E-state index < -0.39 is 12.0 Å². The summed E-state index contributed by atoms with van der Waals surface area (Å²) in [6.07, 6.45) is 2.48. The summed E-state index contributed by atoms with van der Waals surface area (Å²) in [7, 11) is 1.73. The van der Waals surface area contributed by atoms with Crippen molar-refractivity contribution in [2.75, 3.05) is 18.9 Å². The number of carboxylic acids is 1. The van der Waals surface area contributed by atoms with Gasteiger partial charge in [-0.05, 0) is 12.8 Å². The van der Waals surface area contributed by atoms with Gasteiger partial charge >= 0.3 is 5.97 Å². The Kier molecular flexibility index (Phi) is 5.42. The summed E-state index contributed by atoms with van der Waals surface area (Å²) in [5, 5.41) is 11.8. The van der Waals surface area contributed by atoms with Crippen LogP contribution in [0.5, 0.6) is 0 Å². The van der Waals surface area contributed by atoms with Crippen LogP contribution in [0, 0.1) is 5.92 Å². The number of aromatic nitrogens is 2. The van der Waals surface area contributed by atoms with Crippen LogP contribution in [0.25, 0.3) is 0 Å². The Morgan fingerprint density at radius 1 is 1.35 bits per heavy atom. The van der Waals surface area contributed by atoms with E-state index in [1.165, 1.54) is 6.20 Å². The first-order valence-electron chi connectivity index (χ1n) is 6.43. The first-order valence-corrected chi connectivity index (χ1v) is 6.43. The van der Waals surface area contributed by atoms with Gasteiger partial charge in [-0.1, -0.05) is 13.8 Å². The molecule has 110 valence electrons. The van der Waals surface area contributed by atoms with Crippen LogP contribution in [0.3, 0.4) is 0 Å². The van der Waals surface area contributed by atoms with E-state index in [1.807, 2.05) is 20.8 Å². The molecule has 7 nitrogen and oxygen atoms in total. The van der Waals surface area contributed by atoms with E-state index >= 15 is 0 Å². The van der Waals surface area contributed by atoms with E-state index in [1.54, 1.807) is 11.9 Å². The third-order valence-corrected chi connectivity index (χ3v) is 2.96. The minimum Gasteiger partial charge on any atom is -0.476 e. The van der Waals surface area contributed by atoms with Crippen LogP contribution in [0.4, 0.5) is 5.82 Å². The zero-order chi connectivity index (χ0) is 15.3. The molecule has 1 amide bonds. The van der Waals surface area contributed by atoms with E-state index in [9.17, 15) is 9.59 Å². The highest BCUT2D eigenvalue weighted by atomic mass is 16.4. The number of aromatic carboxylic acids is 1. The standard InChI is InChI=1S/C13H20N4O3/c1-5-17(4)12(18)11(8(2)3)16-10-7-14-9(6-15-10)13(19)20/h6-8,11H,5H2,1-4H3,(H,15,16)(H,19,20)/t11-/m0/s1. The number of hydrogen-bond donors (Lipinski definition) is 2. The summed E-state index contributed by atoms with van der Waals surface area (Å²) in [6.45, 7) is 6.38. The van der Waals surface area contributed by atoms with Gasteiger partial charge in [0, 0.05) is 13.6 Å². The monoisotopic (exact) mass is 280 g/mol. The summed E-state index contributed by atoms with van der Waals surface area (Å²) >= 11 is 0. The molecule has 1 aromatic rings. The molecule has 0 aliphatic rings. The van der Waals surface area contributed by atoms with E-state index in [4.69, 9.17) is 5.11 Å². The van der Waals surface area contributed by atoms with Crippen molar-refractivity contribution in [2.24, 2.45) is 5.92 Å². The van der Waals surface area contributed by atoms with Crippen molar-refractivity contribution in [3.8, 4) is 0 Å². The first-order chi connectivity index (χ1) is 9.36.